The van der Waals surface area contributed by atoms with Gasteiger partial charge in [-0.3, -0.25) is 0 Å². The Morgan fingerprint density at radius 1 is 1.24 bits per heavy atom. The normalized spacial score (nSPS) is 22.2. The molecule has 1 aliphatic heterocycles. The molecule has 1 aromatic heterocycles. The van der Waals surface area contributed by atoms with E-state index in [1.807, 2.05) is 27.7 Å². The van der Waals surface area contributed by atoms with Crippen LogP contribution in [-0.4, -0.2) is 44.6 Å². The Kier molecular flexibility index (Phi) is 4.67. The Morgan fingerprint density at radius 2 is 1.84 bits per heavy atom. The molecule has 1 aromatic rings. The van der Waals surface area contributed by atoms with E-state index in [1.165, 1.54) is 19.1 Å². The third kappa shape index (κ3) is 4.35. The average molecular weight is 367 g/mol. The summed E-state index contributed by atoms with van der Waals surface area (Å²) in [6, 6.07) is 1.78. The molecule has 1 aliphatic carbocycles. The predicted molar refractivity (Wildman–Crippen MR) is 96.7 cm³/mol. The van der Waals surface area contributed by atoms with Crippen LogP contribution in [0, 0.1) is 5.92 Å². The second kappa shape index (κ2) is 6.25. The number of nitrogens with zero attached hydrogens (tertiary/aromatic N) is 1. The highest BCUT2D eigenvalue weighted by Crippen LogP contribution is 2.37. The van der Waals surface area contributed by atoms with Gasteiger partial charge in [-0.1, -0.05) is 6.07 Å². The lowest BCUT2D eigenvalue weighted by atomic mass is 9.79. The van der Waals surface area contributed by atoms with Gasteiger partial charge in [-0.15, -0.1) is 0 Å². The monoisotopic (exact) mass is 367 g/mol. The smallest absolute Gasteiger partial charge is 0.478 e. The van der Waals surface area contributed by atoms with E-state index in [4.69, 9.17) is 14.0 Å². The van der Waals surface area contributed by atoms with E-state index < -0.39 is 28.2 Å². The van der Waals surface area contributed by atoms with Crippen molar-refractivity contribution in [2.24, 2.45) is 5.92 Å². The molecule has 0 atom stereocenters. The molecule has 2 aliphatic rings. The van der Waals surface area contributed by atoms with E-state index in [1.54, 1.807) is 12.3 Å². The maximum atomic E-state index is 11.6. The Bertz CT molecular complexity index is 742. The van der Waals surface area contributed by atoms with Crippen LogP contribution < -0.4 is 10.2 Å². The van der Waals surface area contributed by atoms with E-state index >= 15 is 0 Å². The first-order valence-electron chi connectivity index (χ1n) is 8.62. The highest BCUT2D eigenvalue weighted by atomic mass is 32.2. The molecule has 138 valence electrons. The van der Waals surface area contributed by atoms with Crippen LogP contribution in [0.4, 0.5) is 0 Å². The first-order valence-corrected chi connectivity index (χ1v) is 10.7. The van der Waals surface area contributed by atoms with Gasteiger partial charge in [0.05, 0.1) is 23.6 Å². The van der Waals surface area contributed by atoms with Crippen molar-refractivity contribution in [1.29, 1.82) is 0 Å². The van der Waals surface area contributed by atoms with Crippen molar-refractivity contribution < 1.29 is 22.5 Å². The van der Waals surface area contributed by atoms with E-state index in [9.17, 15) is 8.42 Å². The number of hydrogen-bond acceptors (Lipinski definition) is 6. The highest BCUT2D eigenvalue weighted by molar-refractivity contribution is 7.89. The number of hydrogen-bond donors (Lipinski definition) is 0. The molecular weight excluding hydrogens is 341 g/mol. The van der Waals surface area contributed by atoms with Crippen molar-refractivity contribution in [3.8, 4) is 5.88 Å². The molecule has 1 saturated carbocycles. The van der Waals surface area contributed by atoms with Gasteiger partial charge in [-0.25, -0.2) is 13.4 Å². The molecule has 3 rings (SSSR count). The lowest BCUT2D eigenvalue weighted by Crippen LogP contribution is -2.41. The fourth-order valence-electron chi connectivity index (χ4n) is 2.64. The molecule has 25 heavy (non-hydrogen) atoms. The molecule has 0 N–H and O–H groups in total. The highest BCUT2D eigenvalue weighted by Gasteiger charge is 2.52. The summed E-state index contributed by atoms with van der Waals surface area (Å²) in [7, 11) is -3.79. The third-order valence-corrected chi connectivity index (χ3v) is 5.88. The van der Waals surface area contributed by atoms with Crippen LogP contribution in [0.25, 0.3) is 0 Å². The largest absolute Gasteiger partial charge is 0.500 e. The molecule has 0 bridgehead atoms. The molecule has 8 heteroatoms. The number of ether oxygens (including phenoxy) is 1. The van der Waals surface area contributed by atoms with Crippen molar-refractivity contribution in [3.05, 3.63) is 17.8 Å². The first-order chi connectivity index (χ1) is 11.5. The topological polar surface area (TPSA) is 74.7 Å². The summed E-state index contributed by atoms with van der Waals surface area (Å²) in [5.41, 5.74) is 0.280. The molecular formula is C17H26BNO5S. The van der Waals surface area contributed by atoms with Gasteiger partial charge < -0.3 is 14.0 Å². The minimum absolute atomic E-state index is 0.0740. The van der Waals surface area contributed by atoms with E-state index in [0.717, 1.165) is 0 Å². The van der Waals surface area contributed by atoms with Gasteiger partial charge in [0.15, 0.2) is 9.84 Å². The van der Waals surface area contributed by atoms with Gasteiger partial charge in [0, 0.05) is 17.9 Å². The molecule has 2 heterocycles. The zero-order valence-electron chi connectivity index (χ0n) is 15.5. The fraction of sp³-hybridized carbons (Fsp3) is 0.706. The molecule has 0 unspecified atom stereocenters. The Balaban J connectivity index is 1.91. The van der Waals surface area contributed by atoms with Crippen LogP contribution in [0.5, 0.6) is 5.88 Å². The predicted octanol–water partition coefficient (Wildman–Crippen LogP) is 1.71. The van der Waals surface area contributed by atoms with Crippen molar-refractivity contribution >= 4 is 22.4 Å². The van der Waals surface area contributed by atoms with Crippen molar-refractivity contribution in [2.75, 3.05) is 12.9 Å². The second-order valence-corrected chi connectivity index (χ2v) is 10.3. The van der Waals surface area contributed by atoms with Gasteiger partial charge in [-0.05, 0) is 52.0 Å². The van der Waals surface area contributed by atoms with E-state index in [-0.39, 0.29) is 5.75 Å². The lowest BCUT2D eigenvalue weighted by Gasteiger charge is -2.32. The number of pyridine rings is 1. The standard InChI is InChI=1S/C17H26BNO5S/c1-16(2)17(3,4)24-18(23-16)14-8-13(11-25(5,20)21)9-19-15(14)22-10-12-6-7-12/h8-9,12H,6-7,10-11H2,1-5H3. The average Bonchev–Trinajstić information content (AvgIpc) is 3.23. The van der Waals surface area contributed by atoms with Gasteiger partial charge in [-0.2, -0.15) is 0 Å². The zero-order valence-corrected chi connectivity index (χ0v) is 16.4. The van der Waals surface area contributed by atoms with Gasteiger partial charge in [0.2, 0.25) is 5.88 Å². The summed E-state index contributed by atoms with van der Waals surface area (Å²) in [4.78, 5) is 4.36. The van der Waals surface area contributed by atoms with Crippen molar-refractivity contribution in [2.45, 2.75) is 57.5 Å². The van der Waals surface area contributed by atoms with Crippen LogP contribution in [0.3, 0.4) is 0 Å². The molecule has 0 radical (unpaired) electrons. The van der Waals surface area contributed by atoms with Crippen LogP contribution in [0.15, 0.2) is 12.3 Å². The SMILES string of the molecule is CC1(C)OB(c2cc(CS(C)(=O)=O)cnc2OCC2CC2)OC1(C)C. The molecule has 0 amide bonds. The fourth-order valence-corrected chi connectivity index (χ4v) is 3.40. The molecule has 1 saturated heterocycles. The van der Waals surface area contributed by atoms with Crippen molar-refractivity contribution in [1.82, 2.24) is 4.98 Å². The van der Waals surface area contributed by atoms with E-state index in [0.29, 0.717) is 29.4 Å². The van der Waals surface area contributed by atoms with Gasteiger partial charge in [0.25, 0.3) is 0 Å². The quantitative estimate of drug-likeness (QED) is 0.713. The number of aromatic nitrogens is 1. The number of sulfone groups is 1. The lowest BCUT2D eigenvalue weighted by molar-refractivity contribution is 0.00578. The van der Waals surface area contributed by atoms with Gasteiger partial charge >= 0.3 is 7.12 Å². The van der Waals surface area contributed by atoms with Gasteiger partial charge in [0.1, 0.15) is 0 Å². The summed E-state index contributed by atoms with van der Waals surface area (Å²) in [6.45, 7) is 8.53. The third-order valence-electron chi connectivity index (χ3n) is 5.02. The number of rotatable bonds is 6. The van der Waals surface area contributed by atoms with Crippen LogP contribution in [-0.2, 0) is 24.9 Å². The Morgan fingerprint density at radius 3 is 2.36 bits per heavy atom. The second-order valence-electron chi connectivity index (χ2n) is 8.15. The summed E-state index contributed by atoms with van der Waals surface area (Å²) in [5.74, 6) is 0.973. The molecule has 0 aromatic carbocycles. The van der Waals surface area contributed by atoms with Crippen LogP contribution in [0.2, 0.25) is 0 Å². The Hall–Kier alpha value is -1.12. The van der Waals surface area contributed by atoms with E-state index in [2.05, 4.69) is 4.98 Å². The van der Waals surface area contributed by atoms with Crippen molar-refractivity contribution in [3.63, 3.8) is 0 Å². The molecule has 0 spiro atoms. The maximum absolute atomic E-state index is 11.6. The molecule has 2 fully saturated rings. The minimum Gasteiger partial charge on any atom is -0.478 e. The first kappa shape index (κ1) is 18.7. The Labute approximate surface area is 150 Å². The molecule has 6 nitrogen and oxygen atoms in total. The maximum Gasteiger partial charge on any atom is 0.500 e. The van der Waals surface area contributed by atoms with Crippen LogP contribution >= 0.6 is 0 Å². The summed E-state index contributed by atoms with van der Waals surface area (Å²) >= 11 is 0. The summed E-state index contributed by atoms with van der Waals surface area (Å²) in [6.07, 6.45) is 5.12. The summed E-state index contributed by atoms with van der Waals surface area (Å²) in [5, 5.41) is 0. The summed E-state index contributed by atoms with van der Waals surface area (Å²) < 4.78 is 41.3. The van der Waals surface area contributed by atoms with Crippen LogP contribution in [0.1, 0.15) is 46.1 Å². The minimum atomic E-state index is -3.15. The zero-order chi connectivity index (χ0) is 18.5.